The summed E-state index contributed by atoms with van der Waals surface area (Å²) in [6, 6.07) is 11.8. The van der Waals surface area contributed by atoms with Crippen molar-refractivity contribution in [2.45, 2.75) is 25.3 Å². The third kappa shape index (κ3) is 3.80. The zero-order valence-corrected chi connectivity index (χ0v) is 18.3. The zero-order valence-electron chi connectivity index (χ0n) is 17.5. The Morgan fingerprint density at radius 3 is 2.61 bits per heavy atom. The van der Waals surface area contributed by atoms with E-state index in [0.29, 0.717) is 23.3 Å². The number of halogens is 1. The van der Waals surface area contributed by atoms with Crippen molar-refractivity contribution in [1.82, 2.24) is 14.3 Å². The minimum Gasteiger partial charge on any atom is -0.355 e. The molecular formula is C23H23FN4O2S. The highest BCUT2D eigenvalue weighted by Gasteiger charge is 2.21. The Hall–Kier alpha value is -3.23. The summed E-state index contributed by atoms with van der Waals surface area (Å²) in [6.45, 7) is 4.10. The van der Waals surface area contributed by atoms with Gasteiger partial charge in [0.2, 0.25) is 0 Å². The fourth-order valence-corrected chi connectivity index (χ4v) is 4.91. The van der Waals surface area contributed by atoms with Gasteiger partial charge in [-0.1, -0.05) is 6.07 Å². The first kappa shape index (κ1) is 21.0. The Kier molecular flexibility index (Phi) is 5.51. The second-order valence-electron chi connectivity index (χ2n) is 7.38. The van der Waals surface area contributed by atoms with Crippen LogP contribution in [0, 0.1) is 19.7 Å². The number of nitrogens with zero attached hydrogens (tertiary/aromatic N) is 2. The minimum absolute atomic E-state index is 0.117. The van der Waals surface area contributed by atoms with Crippen LogP contribution in [0.15, 0.2) is 66.0 Å². The van der Waals surface area contributed by atoms with Crippen LogP contribution in [0.2, 0.25) is 0 Å². The molecule has 2 N–H and O–H groups in total. The number of rotatable bonds is 6. The molecule has 6 nitrogen and oxygen atoms in total. The van der Waals surface area contributed by atoms with E-state index in [9.17, 15) is 12.8 Å². The predicted molar refractivity (Wildman–Crippen MR) is 121 cm³/mol. The average molecular weight is 439 g/mol. The van der Waals surface area contributed by atoms with Crippen molar-refractivity contribution >= 4 is 32.3 Å². The highest BCUT2D eigenvalue weighted by Crippen LogP contribution is 2.31. The first-order valence-corrected chi connectivity index (χ1v) is 11.2. The number of benzene rings is 2. The minimum atomic E-state index is -3.82. The standard InChI is InChI=1S/C23H23FN4O2S/c1-15-16(2)22(9-8-21(15)24)27-18-6-7-20-17(12-25-3)14-28(23(20)11-18)31(29,30)19-5-4-10-26-13-19/h4-11,13-14,25,27H,12H2,1-3H3. The number of hydrogen-bond donors (Lipinski definition) is 2. The van der Waals surface area contributed by atoms with E-state index in [1.165, 1.54) is 28.5 Å². The van der Waals surface area contributed by atoms with Gasteiger partial charge in [0.1, 0.15) is 10.7 Å². The Balaban J connectivity index is 1.85. The predicted octanol–water partition coefficient (Wildman–Crippen LogP) is 4.49. The molecule has 2 aromatic heterocycles. The van der Waals surface area contributed by atoms with Gasteiger partial charge in [-0.25, -0.2) is 16.8 Å². The molecule has 2 aromatic carbocycles. The molecule has 0 aliphatic rings. The number of nitrogens with one attached hydrogen (secondary N) is 2. The zero-order chi connectivity index (χ0) is 22.2. The third-order valence-corrected chi connectivity index (χ3v) is 7.07. The Morgan fingerprint density at radius 2 is 1.90 bits per heavy atom. The highest BCUT2D eigenvalue weighted by atomic mass is 32.2. The van der Waals surface area contributed by atoms with E-state index < -0.39 is 10.0 Å². The molecule has 0 spiro atoms. The molecule has 0 atom stereocenters. The summed E-state index contributed by atoms with van der Waals surface area (Å²) in [7, 11) is -2.01. The van der Waals surface area contributed by atoms with Crippen molar-refractivity contribution in [3.05, 3.63) is 83.6 Å². The Morgan fingerprint density at radius 1 is 1.10 bits per heavy atom. The first-order chi connectivity index (χ1) is 14.8. The molecule has 0 saturated heterocycles. The smallest absolute Gasteiger partial charge is 0.269 e. The van der Waals surface area contributed by atoms with Crippen molar-refractivity contribution < 1.29 is 12.8 Å². The molecule has 0 amide bonds. The van der Waals surface area contributed by atoms with E-state index in [-0.39, 0.29) is 10.7 Å². The van der Waals surface area contributed by atoms with E-state index in [0.717, 1.165) is 22.2 Å². The van der Waals surface area contributed by atoms with Gasteiger partial charge in [0, 0.05) is 41.9 Å². The van der Waals surface area contributed by atoms with Crippen LogP contribution in [-0.2, 0) is 16.6 Å². The summed E-state index contributed by atoms with van der Waals surface area (Å²) in [6.07, 6.45) is 4.51. The van der Waals surface area contributed by atoms with Crippen molar-refractivity contribution in [1.29, 1.82) is 0 Å². The lowest BCUT2D eigenvalue weighted by atomic mass is 10.1. The van der Waals surface area contributed by atoms with E-state index in [1.807, 2.05) is 26.1 Å². The molecule has 8 heteroatoms. The van der Waals surface area contributed by atoms with Crippen LogP contribution in [0.3, 0.4) is 0 Å². The molecule has 0 aliphatic heterocycles. The second kappa shape index (κ2) is 8.13. The van der Waals surface area contributed by atoms with Gasteiger partial charge >= 0.3 is 0 Å². The van der Waals surface area contributed by atoms with Crippen molar-refractivity contribution in [3.63, 3.8) is 0 Å². The maximum absolute atomic E-state index is 13.8. The fraction of sp³-hybridized carbons (Fsp3) is 0.174. The second-order valence-corrected chi connectivity index (χ2v) is 9.19. The summed E-state index contributed by atoms with van der Waals surface area (Å²) in [5, 5.41) is 7.20. The van der Waals surface area contributed by atoms with Gasteiger partial charge in [0.05, 0.1) is 5.52 Å². The van der Waals surface area contributed by atoms with E-state index in [4.69, 9.17) is 0 Å². The molecule has 4 aromatic rings. The van der Waals surface area contributed by atoms with Gasteiger partial charge < -0.3 is 10.6 Å². The first-order valence-electron chi connectivity index (χ1n) is 9.80. The summed E-state index contributed by atoms with van der Waals surface area (Å²) in [4.78, 5) is 4.07. The number of aromatic nitrogens is 2. The van der Waals surface area contributed by atoms with Gasteiger partial charge in [0.25, 0.3) is 10.0 Å². The third-order valence-electron chi connectivity index (χ3n) is 5.41. The lowest BCUT2D eigenvalue weighted by Gasteiger charge is -2.13. The molecule has 0 fully saturated rings. The van der Waals surface area contributed by atoms with Crippen LogP contribution >= 0.6 is 0 Å². The largest absolute Gasteiger partial charge is 0.355 e. The molecule has 0 unspecified atom stereocenters. The van der Waals surface area contributed by atoms with E-state index in [1.54, 1.807) is 31.3 Å². The molecule has 0 saturated carbocycles. The lowest BCUT2D eigenvalue weighted by Crippen LogP contribution is -2.12. The maximum atomic E-state index is 13.8. The molecule has 0 radical (unpaired) electrons. The van der Waals surface area contributed by atoms with Crippen LogP contribution < -0.4 is 10.6 Å². The van der Waals surface area contributed by atoms with Gasteiger partial charge in [-0.05, 0) is 74.0 Å². The van der Waals surface area contributed by atoms with Crippen LogP contribution in [0.25, 0.3) is 10.9 Å². The fourth-order valence-electron chi connectivity index (χ4n) is 3.57. The van der Waals surface area contributed by atoms with E-state index >= 15 is 0 Å². The van der Waals surface area contributed by atoms with Gasteiger partial charge in [-0.2, -0.15) is 0 Å². The quantitative estimate of drug-likeness (QED) is 0.464. The van der Waals surface area contributed by atoms with Gasteiger partial charge in [0.15, 0.2) is 0 Å². The summed E-state index contributed by atoms with van der Waals surface area (Å²) < 4.78 is 41.7. The van der Waals surface area contributed by atoms with Crippen LogP contribution in [-0.4, -0.2) is 24.4 Å². The summed E-state index contributed by atoms with van der Waals surface area (Å²) in [5.74, 6) is -0.258. The molecule has 0 bridgehead atoms. The van der Waals surface area contributed by atoms with Crippen LogP contribution in [0.5, 0.6) is 0 Å². The van der Waals surface area contributed by atoms with Crippen molar-refractivity contribution in [2.24, 2.45) is 0 Å². The maximum Gasteiger partial charge on any atom is 0.269 e. The molecular weight excluding hydrogens is 415 g/mol. The lowest BCUT2D eigenvalue weighted by molar-refractivity contribution is 0.588. The normalized spacial score (nSPS) is 11.7. The SMILES string of the molecule is CNCc1cn(S(=O)(=O)c2cccnc2)c2cc(Nc3ccc(F)c(C)c3C)ccc12. The molecule has 4 rings (SSSR count). The van der Waals surface area contributed by atoms with Gasteiger partial charge in [-0.15, -0.1) is 0 Å². The van der Waals surface area contributed by atoms with Crippen molar-refractivity contribution in [2.75, 3.05) is 12.4 Å². The monoisotopic (exact) mass is 438 g/mol. The number of pyridine rings is 1. The van der Waals surface area contributed by atoms with Crippen LogP contribution in [0.4, 0.5) is 15.8 Å². The Bertz CT molecular complexity index is 1370. The highest BCUT2D eigenvalue weighted by molar-refractivity contribution is 7.90. The average Bonchev–Trinajstić information content (AvgIpc) is 3.13. The Labute approximate surface area is 180 Å². The number of hydrogen-bond acceptors (Lipinski definition) is 5. The van der Waals surface area contributed by atoms with Gasteiger partial charge in [-0.3, -0.25) is 4.98 Å². The summed E-state index contributed by atoms with van der Waals surface area (Å²) >= 11 is 0. The van der Waals surface area contributed by atoms with Crippen LogP contribution in [0.1, 0.15) is 16.7 Å². The molecule has 0 aliphatic carbocycles. The topological polar surface area (TPSA) is 76.0 Å². The molecule has 160 valence electrons. The summed E-state index contributed by atoms with van der Waals surface area (Å²) in [5.41, 5.74) is 4.26. The number of fused-ring (bicyclic) bond motifs is 1. The van der Waals surface area contributed by atoms with Crippen molar-refractivity contribution in [3.8, 4) is 0 Å². The van der Waals surface area contributed by atoms with E-state index in [2.05, 4.69) is 15.6 Å². The molecule has 31 heavy (non-hydrogen) atoms. The molecule has 2 heterocycles. The number of anilines is 2.